The summed E-state index contributed by atoms with van der Waals surface area (Å²) in [6, 6.07) is 6.15. The molecule has 3 heteroatoms. The molecule has 0 amide bonds. The predicted molar refractivity (Wildman–Crippen MR) is 55.4 cm³/mol. The summed E-state index contributed by atoms with van der Waals surface area (Å²) >= 11 is 1.72. The van der Waals surface area contributed by atoms with Crippen LogP contribution in [0, 0.1) is 0 Å². The maximum Gasteiger partial charge on any atom is 0.0347 e. The third-order valence-corrected chi connectivity index (χ3v) is 2.81. The number of aromatic nitrogens is 1. The second-order valence-corrected chi connectivity index (χ2v) is 3.66. The van der Waals surface area contributed by atoms with Crippen LogP contribution in [0.3, 0.4) is 0 Å². The molecule has 0 saturated carbocycles. The molecule has 0 aliphatic heterocycles. The van der Waals surface area contributed by atoms with E-state index < -0.39 is 0 Å². The molecule has 0 unspecified atom stereocenters. The Bertz CT molecular complexity index is 382. The maximum atomic E-state index is 5.62. The first-order valence-electron chi connectivity index (χ1n) is 4.08. The van der Waals surface area contributed by atoms with Crippen LogP contribution in [0.1, 0.15) is 5.56 Å². The van der Waals surface area contributed by atoms with Gasteiger partial charge in [0.05, 0.1) is 0 Å². The molecule has 2 N–H and O–H groups in total. The Kier molecular flexibility index (Phi) is 2.38. The minimum atomic E-state index is 0.543. The Morgan fingerprint density at radius 1 is 1.38 bits per heavy atom. The number of nitrogens with zero attached hydrogens (tertiary/aromatic N) is 1. The van der Waals surface area contributed by atoms with Crippen LogP contribution in [0.5, 0.6) is 0 Å². The van der Waals surface area contributed by atoms with Gasteiger partial charge < -0.3 is 5.73 Å². The van der Waals surface area contributed by atoms with E-state index in [1.807, 2.05) is 18.3 Å². The molecule has 13 heavy (non-hydrogen) atoms. The molecule has 0 spiro atoms. The largest absolute Gasteiger partial charge is 0.326 e. The minimum absolute atomic E-state index is 0.543. The highest BCUT2D eigenvalue weighted by molar-refractivity contribution is 7.13. The van der Waals surface area contributed by atoms with Gasteiger partial charge in [-0.05, 0) is 28.6 Å². The lowest BCUT2D eigenvalue weighted by Gasteiger charge is -2.03. The Morgan fingerprint density at radius 3 is 3.00 bits per heavy atom. The molecule has 0 aliphatic rings. The fourth-order valence-corrected chi connectivity index (χ4v) is 2.05. The van der Waals surface area contributed by atoms with Crippen LogP contribution < -0.4 is 5.73 Å². The van der Waals surface area contributed by atoms with Crippen molar-refractivity contribution in [2.24, 2.45) is 5.73 Å². The zero-order chi connectivity index (χ0) is 9.10. The summed E-state index contributed by atoms with van der Waals surface area (Å²) in [5, 5.41) is 2.07. The molecule has 0 bridgehead atoms. The highest BCUT2D eigenvalue weighted by Gasteiger charge is 2.03. The summed E-state index contributed by atoms with van der Waals surface area (Å²) < 4.78 is 0. The van der Waals surface area contributed by atoms with Crippen LogP contribution in [0.2, 0.25) is 0 Å². The van der Waals surface area contributed by atoms with Gasteiger partial charge in [-0.3, -0.25) is 4.98 Å². The SMILES string of the molecule is NCc1cnccc1-c1cccs1. The van der Waals surface area contributed by atoms with E-state index in [9.17, 15) is 0 Å². The summed E-state index contributed by atoms with van der Waals surface area (Å²) in [5.74, 6) is 0. The van der Waals surface area contributed by atoms with Gasteiger partial charge in [0.1, 0.15) is 0 Å². The Balaban J connectivity index is 2.51. The van der Waals surface area contributed by atoms with E-state index in [4.69, 9.17) is 5.73 Å². The third kappa shape index (κ3) is 1.61. The van der Waals surface area contributed by atoms with Gasteiger partial charge >= 0.3 is 0 Å². The van der Waals surface area contributed by atoms with Gasteiger partial charge in [-0.25, -0.2) is 0 Å². The predicted octanol–water partition coefficient (Wildman–Crippen LogP) is 2.27. The first-order chi connectivity index (χ1) is 6.42. The average molecular weight is 190 g/mol. The highest BCUT2D eigenvalue weighted by Crippen LogP contribution is 2.26. The molecule has 0 aliphatic carbocycles. The first kappa shape index (κ1) is 8.41. The van der Waals surface area contributed by atoms with Gasteiger partial charge in [0, 0.05) is 23.8 Å². The van der Waals surface area contributed by atoms with Crippen LogP contribution in [0.4, 0.5) is 0 Å². The van der Waals surface area contributed by atoms with Crippen molar-refractivity contribution in [1.29, 1.82) is 0 Å². The van der Waals surface area contributed by atoms with Gasteiger partial charge in [0.15, 0.2) is 0 Å². The fraction of sp³-hybridized carbons (Fsp3) is 0.100. The number of hydrogen-bond donors (Lipinski definition) is 1. The van der Waals surface area contributed by atoms with Crippen molar-refractivity contribution < 1.29 is 0 Å². The number of pyridine rings is 1. The monoisotopic (exact) mass is 190 g/mol. The molecule has 2 aromatic heterocycles. The lowest BCUT2D eigenvalue weighted by Crippen LogP contribution is -1.98. The van der Waals surface area contributed by atoms with Crippen LogP contribution >= 0.6 is 11.3 Å². The van der Waals surface area contributed by atoms with Crippen LogP contribution in [0.15, 0.2) is 36.0 Å². The van der Waals surface area contributed by atoms with E-state index in [2.05, 4.69) is 16.4 Å². The lowest BCUT2D eigenvalue weighted by molar-refractivity contribution is 1.05. The van der Waals surface area contributed by atoms with Crippen molar-refractivity contribution >= 4 is 11.3 Å². The van der Waals surface area contributed by atoms with Gasteiger partial charge in [-0.1, -0.05) is 6.07 Å². The van der Waals surface area contributed by atoms with E-state index in [1.54, 1.807) is 17.5 Å². The van der Waals surface area contributed by atoms with E-state index in [-0.39, 0.29) is 0 Å². The van der Waals surface area contributed by atoms with E-state index in [1.165, 1.54) is 10.4 Å². The normalized spacial score (nSPS) is 10.2. The third-order valence-electron chi connectivity index (χ3n) is 1.91. The lowest BCUT2D eigenvalue weighted by atomic mass is 10.1. The standard InChI is InChI=1S/C10H10N2S/c11-6-8-7-12-4-3-9(8)10-2-1-5-13-10/h1-5,7H,6,11H2. The topological polar surface area (TPSA) is 38.9 Å². The molecule has 2 aromatic rings. The zero-order valence-electron chi connectivity index (χ0n) is 7.10. The van der Waals surface area contributed by atoms with E-state index in [0.29, 0.717) is 6.54 Å². The number of hydrogen-bond acceptors (Lipinski definition) is 3. The Hall–Kier alpha value is -1.19. The van der Waals surface area contributed by atoms with Crippen molar-refractivity contribution in [3.05, 3.63) is 41.5 Å². The number of thiophene rings is 1. The fourth-order valence-electron chi connectivity index (χ4n) is 1.26. The molecule has 2 nitrogen and oxygen atoms in total. The molecule has 2 heterocycles. The molecule has 0 atom stereocenters. The molecule has 0 radical (unpaired) electrons. The Labute approximate surface area is 81.1 Å². The molecule has 0 aromatic carbocycles. The molecule has 66 valence electrons. The van der Waals surface area contributed by atoms with Crippen molar-refractivity contribution in [2.45, 2.75) is 6.54 Å². The highest BCUT2D eigenvalue weighted by atomic mass is 32.1. The molecular formula is C10H10N2S. The van der Waals surface area contributed by atoms with Crippen molar-refractivity contribution in [3.8, 4) is 10.4 Å². The number of rotatable bonds is 2. The van der Waals surface area contributed by atoms with Gasteiger partial charge in [0.25, 0.3) is 0 Å². The molecular weight excluding hydrogens is 180 g/mol. The second kappa shape index (κ2) is 3.68. The summed E-state index contributed by atoms with van der Waals surface area (Å²) in [6.07, 6.45) is 3.63. The summed E-state index contributed by atoms with van der Waals surface area (Å²) in [7, 11) is 0. The summed E-state index contributed by atoms with van der Waals surface area (Å²) in [6.45, 7) is 0.543. The maximum absolute atomic E-state index is 5.62. The van der Waals surface area contributed by atoms with Crippen LogP contribution in [-0.2, 0) is 6.54 Å². The van der Waals surface area contributed by atoms with Crippen molar-refractivity contribution in [3.63, 3.8) is 0 Å². The minimum Gasteiger partial charge on any atom is -0.326 e. The van der Waals surface area contributed by atoms with Crippen molar-refractivity contribution in [2.75, 3.05) is 0 Å². The molecule has 0 fully saturated rings. The zero-order valence-corrected chi connectivity index (χ0v) is 7.92. The quantitative estimate of drug-likeness (QED) is 0.789. The Morgan fingerprint density at radius 2 is 2.31 bits per heavy atom. The molecule has 2 rings (SSSR count). The van der Waals surface area contributed by atoms with Gasteiger partial charge in [-0.15, -0.1) is 11.3 Å². The smallest absolute Gasteiger partial charge is 0.0347 e. The first-order valence-corrected chi connectivity index (χ1v) is 4.96. The number of nitrogens with two attached hydrogens (primary N) is 1. The van der Waals surface area contributed by atoms with Gasteiger partial charge in [-0.2, -0.15) is 0 Å². The second-order valence-electron chi connectivity index (χ2n) is 2.71. The van der Waals surface area contributed by atoms with Crippen molar-refractivity contribution in [1.82, 2.24) is 4.98 Å². The summed E-state index contributed by atoms with van der Waals surface area (Å²) in [5.41, 5.74) is 7.92. The van der Waals surface area contributed by atoms with E-state index >= 15 is 0 Å². The average Bonchev–Trinajstić information content (AvgIpc) is 2.70. The van der Waals surface area contributed by atoms with E-state index in [0.717, 1.165) is 5.56 Å². The van der Waals surface area contributed by atoms with Crippen LogP contribution in [-0.4, -0.2) is 4.98 Å². The van der Waals surface area contributed by atoms with Gasteiger partial charge in [0.2, 0.25) is 0 Å². The summed E-state index contributed by atoms with van der Waals surface area (Å²) in [4.78, 5) is 5.30. The van der Waals surface area contributed by atoms with Crippen LogP contribution in [0.25, 0.3) is 10.4 Å². The molecule has 0 saturated heterocycles.